The normalized spacial score (nSPS) is 10.6. The molecule has 1 aromatic heterocycles. The second-order valence-electron chi connectivity index (χ2n) is 5.96. The Hall–Kier alpha value is -2.86. The van der Waals surface area contributed by atoms with Crippen molar-refractivity contribution in [1.82, 2.24) is 10.6 Å². The molecule has 2 amide bonds. The van der Waals surface area contributed by atoms with Crippen LogP contribution in [0.25, 0.3) is 0 Å². The van der Waals surface area contributed by atoms with E-state index in [1.54, 1.807) is 6.07 Å². The Morgan fingerprint density at radius 1 is 0.852 bits per heavy atom. The predicted molar refractivity (Wildman–Crippen MR) is 106 cm³/mol. The predicted octanol–water partition coefficient (Wildman–Crippen LogP) is 3.72. The summed E-state index contributed by atoms with van der Waals surface area (Å²) in [6, 6.07) is 23.2. The van der Waals surface area contributed by atoms with Gasteiger partial charge in [0.25, 0.3) is 5.91 Å². The minimum atomic E-state index is -0.432. The van der Waals surface area contributed by atoms with Gasteiger partial charge in [-0.3, -0.25) is 9.59 Å². The number of furan rings is 1. The summed E-state index contributed by atoms with van der Waals surface area (Å²) < 4.78 is 5.63. The monoisotopic (exact) mass is 426 g/mol. The molecule has 1 heterocycles. The van der Waals surface area contributed by atoms with Gasteiger partial charge in [0, 0.05) is 12.5 Å². The zero-order chi connectivity index (χ0) is 19.1. The number of rotatable bonds is 7. The molecule has 2 aromatic carbocycles. The average molecular weight is 427 g/mol. The number of halogens is 1. The third kappa shape index (κ3) is 5.31. The van der Waals surface area contributed by atoms with E-state index in [0.717, 1.165) is 11.1 Å². The zero-order valence-corrected chi connectivity index (χ0v) is 16.1. The van der Waals surface area contributed by atoms with E-state index in [1.807, 2.05) is 60.7 Å². The quantitative estimate of drug-likeness (QED) is 0.604. The number of amides is 2. The van der Waals surface area contributed by atoms with Gasteiger partial charge in [0.05, 0.1) is 6.54 Å². The topological polar surface area (TPSA) is 71.3 Å². The maximum atomic E-state index is 12.2. The number of nitrogens with one attached hydrogen (secondary N) is 2. The Balaban J connectivity index is 1.58. The first-order chi connectivity index (χ1) is 13.1. The molecule has 138 valence electrons. The third-order valence-corrected chi connectivity index (χ3v) is 4.54. The molecule has 0 spiro atoms. The van der Waals surface area contributed by atoms with Crippen molar-refractivity contribution < 1.29 is 14.0 Å². The average Bonchev–Trinajstić information content (AvgIpc) is 3.14. The van der Waals surface area contributed by atoms with Crippen LogP contribution < -0.4 is 10.6 Å². The molecule has 0 aliphatic heterocycles. The van der Waals surface area contributed by atoms with Crippen LogP contribution in [-0.2, 0) is 4.79 Å². The van der Waals surface area contributed by atoms with E-state index in [4.69, 9.17) is 4.42 Å². The maximum absolute atomic E-state index is 12.2. The lowest BCUT2D eigenvalue weighted by molar-refractivity contribution is -0.120. The van der Waals surface area contributed by atoms with Crippen molar-refractivity contribution in [2.45, 2.75) is 5.92 Å². The second-order valence-corrected chi connectivity index (χ2v) is 6.75. The van der Waals surface area contributed by atoms with Crippen molar-refractivity contribution in [1.29, 1.82) is 0 Å². The van der Waals surface area contributed by atoms with Crippen LogP contribution in [0, 0.1) is 0 Å². The Kier molecular flexibility index (Phi) is 6.44. The summed E-state index contributed by atoms with van der Waals surface area (Å²) in [5, 5.41) is 5.45. The van der Waals surface area contributed by atoms with Gasteiger partial charge in [-0.05, 0) is 39.2 Å². The van der Waals surface area contributed by atoms with Gasteiger partial charge in [0.2, 0.25) is 5.91 Å². The third-order valence-electron chi connectivity index (χ3n) is 4.11. The van der Waals surface area contributed by atoms with Crippen molar-refractivity contribution in [3.8, 4) is 0 Å². The summed E-state index contributed by atoms with van der Waals surface area (Å²) in [6.45, 7) is 0.322. The van der Waals surface area contributed by atoms with E-state index < -0.39 is 5.91 Å². The van der Waals surface area contributed by atoms with Gasteiger partial charge in [0.1, 0.15) is 0 Å². The van der Waals surface area contributed by atoms with Crippen LogP contribution in [0.15, 0.2) is 81.9 Å². The van der Waals surface area contributed by atoms with E-state index >= 15 is 0 Å². The lowest BCUT2D eigenvalue weighted by atomic mass is 9.91. The van der Waals surface area contributed by atoms with E-state index in [1.165, 1.54) is 6.07 Å². The standard InChI is InChI=1S/C21H19BrN2O3/c22-19-12-11-18(27-19)21(26)24-14-20(25)23-13-17(15-7-3-1-4-8-15)16-9-5-2-6-10-16/h1-12,17H,13-14H2,(H,23,25)(H,24,26). The molecule has 0 radical (unpaired) electrons. The fourth-order valence-corrected chi connectivity index (χ4v) is 3.07. The SMILES string of the molecule is O=C(CNC(=O)c1ccc(Br)o1)NCC(c1ccccc1)c1ccccc1. The second kappa shape index (κ2) is 9.19. The van der Waals surface area contributed by atoms with E-state index in [9.17, 15) is 9.59 Å². The smallest absolute Gasteiger partial charge is 0.287 e. The summed E-state index contributed by atoms with van der Waals surface area (Å²) in [7, 11) is 0. The van der Waals surface area contributed by atoms with Crippen LogP contribution in [0.5, 0.6) is 0 Å². The first-order valence-corrected chi connectivity index (χ1v) is 9.33. The summed E-state index contributed by atoms with van der Waals surface area (Å²) in [6.07, 6.45) is 0. The molecule has 0 bridgehead atoms. The van der Waals surface area contributed by atoms with Gasteiger partial charge in [0.15, 0.2) is 10.4 Å². The molecule has 0 unspecified atom stereocenters. The molecule has 6 heteroatoms. The van der Waals surface area contributed by atoms with Crippen LogP contribution in [0.4, 0.5) is 0 Å². The highest BCUT2D eigenvalue weighted by atomic mass is 79.9. The van der Waals surface area contributed by atoms with Crippen molar-refractivity contribution in [3.05, 3.63) is 94.4 Å². The molecule has 0 saturated carbocycles. The fraction of sp³-hybridized carbons (Fsp3) is 0.143. The van der Waals surface area contributed by atoms with E-state index in [-0.39, 0.29) is 24.1 Å². The molecule has 27 heavy (non-hydrogen) atoms. The highest BCUT2D eigenvalue weighted by molar-refractivity contribution is 9.10. The van der Waals surface area contributed by atoms with Crippen molar-refractivity contribution in [2.24, 2.45) is 0 Å². The van der Waals surface area contributed by atoms with Gasteiger partial charge in [-0.25, -0.2) is 0 Å². The minimum Gasteiger partial charge on any atom is -0.444 e. The van der Waals surface area contributed by atoms with Gasteiger partial charge in [-0.1, -0.05) is 60.7 Å². The van der Waals surface area contributed by atoms with Crippen LogP contribution in [0.3, 0.4) is 0 Å². The summed E-state index contributed by atoms with van der Waals surface area (Å²) in [5.41, 5.74) is 2.24. The molecule has 0 aliphatic carbocycles. The lowest BCUT2D eigenvalue weighted by Crippen LogP contribution is -2.38. The van der Waals surface area contributed by atoms with Crippen molar-refractivity contribution >= 4 is 27.7 Å². The summed E-state index contributed by atoms with van der Waals surface area (Å²) in [5.74, 6) is -0.501. The number of hydrogen-bond donors (Lipinski definition) is 2. The number of carbonyl (C=O) groups is 2. The summed E-state index contributed by atoms with van der Waals surface area (Å²) >= 11 is 3.14. The highest BCUT2D eigenvalue weighted by Crippen LogP contribution is 2.23. The number of carbonyl (C=O) groups excluding carboxylic acids is 2. The Morgan fingerprint density at radius 2 is 1.44 bits per heavy atom. The van der Waals surface area contributed by atoms with Gasteiger partial charge in [-0.2, -0.15) is 0 Å². The summed E-state index contributed by atoms with van der Waals surface area (Å²) in [4.78, 5) is 24.1. The molecule has 3 rings (SSSR count). The molecular weight excluding hydrogens is 408 g/mol. The number of benzene rings is 2. The molecule has 2 N–H and O–H groups in total. The van der Waals surface area contributed by atoms with E-state index in [2.05, 4.69) is 26.6 Å². The minimum absolute atomic E-state index is 0.0353. The van der Waals surface area contributed by atoms with Crippen molar-refractivity contribution in [3.63, 3.8) is 0 Å². The number of hydrogen-bond acceptors (Lipinski definition) is 3. The first kappa shape index (κ1) is 18.9. The molecular formula is C21H19BrN2O3. The molecule has 0 saturated heterocycles. The van der Waals surface area contributed by atoms with Crippen LogP contribution in [0.2, 0.25) is 0 Å². The molecule has 0 fully saturated rings. The first-order valence-electron chi connectivity index (χ1n) is 8.53. The molecule has 3 aromatic rings. The highest BCUT2D eigenvalue weighted by Gasteiger charge is 2.16. The van der Waals surface area contributed by atoms with Gasteiger partial charge >= 0.3 is 0 Å². The Labute approximate surface area is 165 Å². The lowest BCUT2D eigenvalue weighted by Gasteiger charge is -2.19. The van der Waals surface area contributed by atoms with Gasteiger partial charge in [-0.15, -0.1) is 0 Å². The Morgan fingerprint density at radius 3 is 1.96 bits per heavy atom. The van der Waals surface area contributed by atoms with Crippen LogP contribution >= 0.6 is 15.9 Å². The molecule has 0 atom stereocenters. The Bertz CT molecular complexity index is 855. The van der Waals surface area contributed by atoms with Crippen LogP contribution in [0.1, 0.15) is 27.6 Å². The van der Waals surface area contributed by atoms with Gasteiger partial charge < -0.3 is 15.1 Å². The fourth-order valence-electron chi connectivity index (χ4n) is 2.76. The maximum Gasteiger partial charge on any atom is 0.287 e. The molecule has 5 nitrogen and oxygen atoms in total. The zero-order valence-electron chi connectivity index (χ0n) is 14.5. The van der Waals surface area contributed by atoms with E-state index in [0.29, 0.717) is 11.2 Å². The van der Waals surface area contributed by atoms with Crippen LogP contribution in [-0.4, -0.2) is 24.9 Å². The molecule has 0 aliphatic rings. The van der Waals surface area contributed by atoms with Crippen molar-refractivity contribution in [2.75, 3.05) is 13.1 Å². The largest absolute Gasteiger partial charge is 0.444 e.